The van der Waals surface area contributed by atoms with Gasteiger partial charge in [-0.3, -0.25) is 4.98 Å². The summed E-state index contributed by atoms with van der Waals surface area (Å²) in [4.78, 5) is 8.32. The van der Waals surface area contributed by atoms with E-state index in [1.807, 2.05) is 0 Å². The SMILES string of the molecule is Nc1nc(-c2cccc(C(F)(F)F)c2)cc2ncccc12. The molecule has 0 saturated heterocycles. The first-order valence-corrected chi connectivity index (χ1v) is 6.14. The molecule has 1 aromatic carbocycles. The molecule has 2 N–H and O–H groups in total. The number of hydrogen-bond acceptors (Lipinski definition) is 3. The van der Waals surface area contributed by atoms with Gasteiger partial charge in [0, 0.05) is 17.1 Å². The third-order valence-electron chi connectivity index (χ3n) is 3.11. The zero-order valence-corrected chi connectivity index (χ0v) is 10.7. The van der Waals surface area contributed by atoms with Crippen molar-refractivity contribution in [1.82, 2.24) is 9.97 Å². The number of pyridine rings is 2. The minimum atomic E-state index is -4.39. The summed E-state index contributed by atoms with van der Waals surface area (Å²) in [6.07, 6.45) is -2.80. The fourth-order valence-electron chi connectivity index (χ4n) is 2.10. The van der Waals surface area contributed by atoms with Crippen molar-refractivity contribution >= 4 is 16.7 Å². The molecule has 0 unspecified atom stereocenters. The van der Waals surface area contributed by atoms with E-state index in [9.17, 15) is 13.2 Å². The van der Waals surface area contributed by atoms with Crippen LogP contribution >= 0.6 is 0 Å². The number of benzene rings is 1. The molecule has 0 saturated carbocycles. The Bertz CT molecular complexity index is 813. The molecule has 3 nitrogen and oxygen atoms in total. The zero-order chi connectivity index (χ0) is 15.0. The molecule has 6 heteroatoms. The Labute approximate surface area is 118 Å². The number of anilines is 1. The third kappa shape index (κ3) is 2.52. The lowest BCUT2D eigenvalue weighted by molar-refractivity contribution is -0.137. The molecule has 3 aromatic rings. The number of nitrogens with zero attached hydrogens (tertiary/aromatic N) is 2. The second-order valence-corrected chi connectivity index (χ2v) is 4.54. The molecule has 0 aliphatic rings. The molecule has 0 radical (unpaired) electrons. The summed E-state index contributed by atoms with van der Waals surface area (Å²) in [7, 11) is 0. The van der Waals surface area contributed by atoms with Crippen LogP contribution in [0.3, 0.4) is 0 Å². The smallest absolute Gasteiger partial charge is 0.383 e. The van der Waals surface area contributed by atoms with E-state index in [0.717, 1.165) is 12.1 Å². The highest BCUT2D eigenvalue weighted by molar-refractivity contribution is 5.90. The number of aromatic nitrogens is 2. The van der Waals surface area contributed by atoms with Gasteiger partial charge in [-0.05, 0) is 30.3 Å². The summed E-state index contributed by atoms with van der Waals surface area (Å²) < 4.78 is 38.3. The number of nitrogen functional groups attached to an aromatic ring is 1. The van der Waals surface area contributed by atoms with Gasteiger partial charge in [0.25, 0.3) is 0 Å². The van der Waals surface area contributed by atoms with Crippen LogP contribution in [0.1, 0.15) is 5.56 Å². The van der Waals surface area contributed by atoms with Crippen molar-refractivity contribution < 1.29 is 13.2 Å². The summed E-state index contributed by atoms with van der Waals surface area (Å²) in [5, 5.41) is 0.674. The van der Waals surface area contributed by atoms with E-state index in [0.29, 0.717) is 22.2 Å². The lowest BCUT2D eigenvalue weighted by Gasteiger charge is -2.09. The van der Waals surface area contributed by atoms with Gasteiger partial charge in [0.1, 0.15) is 5.82 Å². The first-order chi connectivity index (χ1) is 9.95. The van der Waals surface area contributed by atoms with Gasteiger partial charge in [-0.25, -0.2) is 4.98 Å². The summed E-state index contributed by atoms with van der Waals surface area (Å²) in [5.41, 5.74) is 6.44. The standard InChI is InChI=1S/C15H10F3N3/c16-15(17,18)10-4-1-3-9(7-10)12-8-13-11(14(19)21-12)5-2-6-20-13/h1-8H,(H2,19,21). The second-order valence-electron chi connectivity index (χ2n) is 4.54. The Balaban J connectivity index is 2.17. The van der Waals surface area contributed by atoms with Crippen LogP contribution < -0.4 is 5.73 Å². The van der Waals surface area contributed by atoms with Gasteiger partial charge < -0.3 is 5.73 Å². The molecule has 106 valence electrons. The monoisotopic (exact) mass is 289 g/mol. The summed E-state index contributed by atoms with van der Waals surface area (Å²) in [6, 6.07) is 10.1. The van der Waals surface area contributed by atoms with Crippen molar-refractivity contribution in [3.05, 3.63) is 54.2 Å². The molecule has 2 heterocycles. The number of nitrogens with two attached hydrogens (primary N) is 1. The minimum Gasteiger partial charge on any atom is -0.383 e. The largest absolute Gasteiger partial charge is 0.416 e. The Morgan fingerprint density at radius 2 is 1.81 bits per heavy atom. The van der Waals surface area contributed by atoms with Crippen LogP contribution in [0.15, 0.2) is 48.7 Å². The van der Waals surface area contributed by atoms with Crippen LogP contribution in [0.2, 0.25) is 0 Å². The molecule has 0 fully saturated rings. The summed E-state index contributed by atoms with van der Waals surface area (Å²) in [5.74, 6) is 0.244. The zero-order valence-electron chi connectivity index (χ0n) is 10.7. The normalized spacial score (nSPS) is 11.8. The maximum absolute atomic E-state index is 12.8. The highest BCUT2D eigenvalue weighted by atomic mass is 19.4. The number of alkyl halides is 3. The van der Waals surface area contributed by atoms with Crippen LogP contribution in [0.5, 0.6) is 0 Å². The highest BCUT2D eigenvalue weighted by Gasteiger charge is 2.30. The van der Waals surface area contributed by atoms with Gasteiger partial charge in [0.15, 0.2) is 0 Å². The van der Waals surface area contributed by atoms with E-state index in [1.54, 1.807) is 30.5 Å². The maximum Gasteiger partial charge on any atom is 0.416 e. The van der Waals surface area contributed by atoms with Crippen molar-refractivity contribution in [3.63, 3.8) is 0 Å². The van der Waals surface area contributed by atoms with Gasteiger partial charge >= 0.3 is 6.18 Å². The molecular formula is C15H10F3N3. The Hall–Kier alpha value is -2.63. The van der Waals surface area contributed by atoms with E-state index < -0.39 is 11.7 Å². The first kappa shape index (κ1) is 13.4. The van der Waals surface area contributed by atoms with Crippen LogP contribution in [0.25, 0.3) is 22.2 Å². The quantitative estimate of drug-likeness (QED) is 0.739. The Morgan fingerprint density at radius 1 is 1.00 bits per heavy atom. The molecule has 0 bridgehead atoms. The molecule has 0 aliphatic carbocycles. The van der Waals surface area contributed by atoms with Gasteiger partial charge in [0.2, 0.25) is 0 Å². The molecular weight excluding hydrogens is 279 g/mol. The van der Waals surface area contributed by atoms with Crippen molar-refractivity contribution in [2.24, 2.45) is 0 Å². The van der Waals surface area contributed by atoms with Crippen LogP contribution in [0, 0.1) is 0 Å². The van der Waals surface area contributed by atoms with Crippen LogP contribution in [-0.4, -0.2) is 9.97 Å². The Morgan fingerprint density at radius 3 is 2.57 bits per heavy atom. The molecule has 0 spiro atoms. The number of halogens is 3. The van der Waals surface area contributed by atoms with E-state index in [-0.39, 0.29) is 5.82 Å². The van der Waals surface area contributed by atoms with Crippen molar-refractivity contribution in [3.8, 4) is 11.3 Å². The lowest BCUT2D eigenvalue weighted by Crippen LogP contribution is -2.04. The highest BCUT2D eigenvalue weighted by Crippen LogP contribution is 2.32. The fourth-order valence-corrected chi connectivity index (χ4v) is 2.10. The summed E-state index contributed by atoms with van der Waals surface area (Å²) >= 11 is 0. The Kier molecular flexibility index (Phi) is 3.01. The fraction of sp³-hybridized carbons (Fsp3) is 0.0667. The van der Waals surface area contributed by atoms with Crippen LogP contribution in [0.4, 0.5) is 19.0 Å². The molecule has 21 heavy (non-hydrogen) atoms. The molecule has 2 aromatic heterocycles. The molecule has 0 aliphatic heterocycles. The van der Waals surface area contributed by atoms with E-state index in [4.69, 9.17) is 5.73 Å². The van der Waals surface area contributed by atoms with E-state index in [1.165, 1.54) is 6.07 Å². The molecule has 0 atom stereocenters. The lowest BCUT2D eigenvalue weighted by atomic mass is 10.1. The van der Waals surface area contributed by atoms with Gasteiger partial charge in [0.05, 0.1) is 16.8 Å². The number of fused-ring (bicyclic) bond motifs is 1. The van der Waals surface area contributed by atoms with Crippen molar-refractivity contribution in [1.29, 1.82) is 0 Å². The van der Waals surface area contributed by atoms with E-state index >= 15 is 0 Å². The number of hydrogen-bond donors (Lipinski definition) is 1. The minimum absolute atomic E-state index is 0.244. The maximum atomic E-state index is 12.8. The third-order valence-corrected chi connectivity index (χ3v) is 3.11. The first-order valence-electron chi connectivity index (χ1n) is 6.14. The van der Waals surface area contributed by atoms with Gasteiger partial charge in [-0.2, -0.15) is 13.2 Å². The van der Waals surface area contributed by atoms with Crippen LogP contribution in [-0.2, 0) is 6.18 Å². The van der Waals surface area contributed by atoms with Crippen molar-refractivity contribution in [2.75, 3.05) is 5.73 Å². The van der Waals surface area contributed by atoms with Gasteiger partial charge in [-0.1, -0.05) is 12.1 Å². The predicted octanol–water partition coefficient (Wildman–Crippen LogP) is 3.90. The van der Waals surface area contributed by atoms with Gasteiger partial charge in [-0.15, -0.1) is 0 Å². The number of rotatable bonds is 1. The second kappa shape index (κ2) is 4.73. The molecule has 0 amide bonds. The average Bonchev–Trinajstić information content (AvgIpc) is 2.46. The summed E-state index contributed by atoms with van der Waals surface area (Å²) in [6.45, 7) is 0. The average molecular weight is 289 g/mol. The van der Waals surface area contributed by atoms with E-state index in [2.05, 4.69) is 9.97 Å². The van der Waals surface area contributed by atoms with Crippen molar-refractivity contribution in [2.45, 2.75) is 6.18 Å². The topological polar surface area (TPSA) is 51.8 Å². The predicted molar refractivity (Wildman–Crippen MR) is 74.4 cm³/mol. The molecule has 3 rings (SSSR count).